The minimum atomic E-state index is -0.558. The number of halogens is 2. The molecule has 6 heteroatoms. The first-order valence-corrected chi connectivity index (χ1v) is 6.45. The fourth-order valence-electron chi connectivity index (χ4n) is 1.31. The van der Waals surface area contributed by atoms with Crippen LogP contribution in [0.1, 0.15) is 20.0 Å². The Morgan fingerprint density at radius 3 is 2.72 bits per heavy atom. The highest BCUT2D eigenvalue weighted by Gasteiger charge is 2.16. The Hall–Kier alpha value is -1.36. The van der Waals surface area contributed by atoms with E-state index in [-0.39, 0.29) is 16.3 Å². The van der Waals surface area contributed by atoms with Gasteiger partial charge in [-0.1, -0.05) is 29.3 Å². The summed E-state index contributed by atoms with van der Waals surface area (Å²) in [7, 11) is 0. The number of aldehydes is 1. The molecule has 0 aliphatic heterocycles. The van der Waals surface area contributed by atoms with E-state index < -0.39 is 5.97 Å². The molecule has 2 rings (SSSR count). The van der Waals surface area contributed by atoms with Crippen LogP contribution < -0.4 is 4.74 Å². The van der Waals surface area contributed by atoms with Crippen LogP contribution in [0.4, 0.5) is 0 Å². The van der Waals surface area contributed by atoms with Crippen LogP contribution in [0.3, 0.4) is 0 Å². The quantitative estimate of drug-likeness (QED) is 0.487. The SMILES string of the molecule is O=Cc1cc(Cl)cc(Cl)c1OC(=O)c1cccs1. The second-order valence-corrected chi connectivity index (χ2v) is 5.08. The van der Waals surface area contributed by atoms with Gasteiger partial charge in [0.2, 0.25) is 0 Å². The highest BCUT2D eigenvalue weighted by atomic mass is 35.5. The maximum Gasteiger partial charge on any atom is 0.353 e. The summed E-state index contributed by atoms with van der Waals surface area (Å²) in [5.74, 6) is -0.535. The molecule has 0 aliphatic rings. The van der Waals surface area contributed by atoms with Crippen LogP contribution in [0.15, 0.2) is 29.6 Å². The van der Waals surface area contributed by atoms with Crippen molar-refractivity contribution in [3.8, 4) is 5.75 Å². The third-order valence-electron chi connectivity index (χ3n) is 2.08. The van der Waals surface area contributed by atoms with Gasteiger partial charge in [0.15, 0.2) is 12.0 Å². The average molecular weight is 301 g/mol. The molecule has 0 spiro atoms. The van der Waals surface area contributed by atoms with Crippen LogP contribution in [-0.2, 0) is 0 Å². The predicted molar refractivity (Wildman–Crippen MR) is 71.1 cm³/mol. The van der Waals surface area contributed by atoms with Gasteiger partial charge in [-0.2, -0.15) is 0 Å². The van der Waals surface area contributed by atoms with Gasteiger partial charge in [-0.3, -0.25) is 4.79 Å². The molecule has 3 nitrogen and oxygen atoms in total. The number of hydrogen-bond acceptors (Lipinski definition) is 4. The van der Waals surface area contributed by atoms with Gasteiger partial charge in [0.05, 0.1) is 10.6 Å². The van der Waals surface area contributed by atoms with Crippen LogP contribution in [0.2, 0.25) is 10.0 Å². The predicted octanol–water partition coefficient (Wildman–Crippen LogP) is 4.09. The molecular formula is C12H6Cl2O3S. The lowest BCUT2D eigenvalue weighted by atomic mass is 10.2. The lowest BCUT2D eigenvalue weighted by molar-refractivity contribution is 0.0738. The van der Waals surface area contributed by atoms with Gasteiger partial charge in [0.1, 0.15) is 4.88 Å². The highest BCUT2D eigenvalue weighted by molar-refractivity contribution is 7.12. The van der Waals surface area contributed by atoms with Gasteiger partial charge in [0, 0.05) is 5.02 Å². The molecule has 2 aromatic rings. The van der Waals surface area contributed by atoms with E-state index in [1.54, 1.807) is 17.5 Å². The second kappa shape index (κ2) is 5.52. The Bertz CT molecular complexity index is 594. The van der Waals surface area contributed by atoms with Crippen LogP contribution in [0, 0.1) is 0 Å². The smallest absolute Gasteiger partial charge is 0.353 e. The number of carbonyl (C=O) groups is 2. The first-order valence-electron chi connectivity index (χ1n) is 4.81. The highest BCUT2D eigenvalue weighted by Crippen LogP contribution is 2.32. The molecule has 92 valence electrons. The van der Waals surface area contributed by atoms with Crippen molar-refractivity contribution in [2.45, 2.75) is 0 Å². The summed E-state index contributed by atoms with van der Waals surface area (Å²) in [6.07, 6.45) is 0.537. The minimum Gasteiger partial charge on any atom is -0.420 e. The molecule has 1 heterocycles. The van der Waals surface area contributed by atoms with E-state index >= 15 is 0 Å². The molecule has 1 aromatic carbocycles. The van der Waals surface area contributed by atoms with E-state index in [1.807, 2.05) is 0 Å². The largest absolute Gasteiger partial charge is 0.420 e. The van der Waals surface area contributed by atoms with E-state index in [2.05, 4.69) is 0 Å². The molecule has 0 amide bonds. The Balaban J connectivity index is 2.34. The van der Waals surface area contributed by atoms with Crippen molar-refractivity contribution < 1.29 is 14.3 Å². The van der Waals surface area contributed by atoms with E-state index in [1.165, 1.54) is 23.5 Å². The zero-order valence-electron chi connectivity index (χ0n) is 8.85. The summed E-state index contributed by atoms with van der Waals surface area (Å²) in [4.78, 5) is 23.1. The van der Waals surface area contributed by atoms with Crippen molar-refractivity contribution in [2.24, 2.45) is 0 Å². The summed E-state index contributed by atoms with van der Waals surface area (Å²) in [5.41, 5.74) is 0.136. The standard InChI is InChI=1S/C12H6Cl2O3S/c13-8-4-7(6-15)11(9(14)5-8)17-12(16)10-2-1-3-18-10/h1-6H. The normalized spacial score (nSPS) is 10.1. The van der Waals surface area contributed by atoms with Crippen molar-refractivity contribution in [2.75, 3.05) is 0 Å². The lowest BCUT2D eigenvalue weighted by Gasteiger charge is -2.08. The third kappa shape index (κ3) is 2.72. The van der Waals surface area contributed by atoms with Crippen LogP contribution in [0.25, 0.3) is 0 Å². The number of rotatable bonds is 3. The molecule has 0 fully saturated rings. The molecule has 0 N–H and O–H groups in total. The van der Waals surface area contributed by atoms with Gasteiger partial charge in [-0.25, -0.2) is 4.79 Å². The van der Waals surface area contributed by atoms with Crippen molar-refractivity contribution in [1.82, 2.24) is 0 Å². The Morgan fingerprint density at radius 1 is 1.33 bits per heavy atom. The maximum atomic E-state index is 11.8. The molecule has 0 unspecified atom stereocenters. The zero-order chi connectivity index (χ0) is 13.1. The second-order valence-electron chi connectivity index (χ2n) is 3.29. The number of carbonyl (C=O) groups excluding carboxylic acids is 2. The number of thiophene rings is 1. The summed E-state index contributed by atoms with van der Waals surface area (Å²) in [6.45, 7) is 0. The molecular weight excluding hydrogens is 295 g/mol. The molecule has 0 saturated carbocycles. The zero-order valence-corrected chi connectivity index (χ0v) is 11.2. The summed E-state index contributed by atoms with van der Waals surface area (Å²) in [6, 6.07) is 6.15. The molecule has 0 saturated heterocycles. The van der Waals surface area contributed by atoms with Crippen molar-refractivity contribution in [1.29, 1.82) is 0 Å². The van der Waals surface area contributed by atoms with E-state index in [4.69, 9.17) is 27.9 Å². The first kappa shape index (κ1) is 13.1. The van der Waals surface area contributed by atoms with E-state index in [0.717, 1.165) is 0 Å². The number of esters is 1. The molecule has 0 aliphatic carbocycles. The van der Waals surface area contributed by atoms with Gasteiger partial charge < -0.3 is 4.74 Å². The van der Waals surface area contributed by atoms with Gasteiger partial charge in [-0.15, -0.1) is 11.3 Å². The Kier molecular flexibility index (Phi) is 4.01. The Morgan fingerprint density at radius 2 is 2.11 bits per heavy atom. The maximum absolute atomic E-state index is 11.8. The number of ether oxygens (including phenoxy) is 1. The van der Waals surface area contributed by atoms with Crippen LogP contribution in [-0.4, -0.2) is 12.3 Å². The van der Waals surface area contributed by atoms with Crippen molar-refractivity contribution in [3.05, 3.63) is 50.1 Å². The van der Waals surface area contributed by atoms with Crippen molar-refractivity contribution in [3.63, 3.8) is 0 Å². The molecule has 1 aromatic heterocycles. The fraction of sp³-hybridized carbons (Fsp3) is 0. The first-order chi connectivity index (χ1) is 8.61. The van der Waals surface area contributed by atoms with Crippen LogP contribution in [0.5, 0.6) is 5.75 Å². The Labute approximate surface area is 117 Å². The fourth-order valence-corrected chi connectivity index (χ4v) is 2.46. The third-order valence-corrected chi connectivity index (χ3v) is 3.43. The van der Waals surface area contributed by atoms with Gasteiger partial charge in [0.25, 0.3) is 0 Å². The van der Waals surface area contributed by atoms with E-state index in [0.29, 0.717) is 16.2 Å². The summed E-state index contributed by atoms with van der Waals surface area (Å²) < 4.78 is 5.12. The summed E-state index contributed by atoms with van der Waals surface area (Å²) >= 11 is 12.9. The average Bonchev–Trinajstić information content (AvgIpc) is 2.85. The number of benzene rings is 1. The van der Waals surface area contributed by atoms with Crippen molar-refractivity contribution >= 4 is 46.8 Å². The molecule has 18 heavy (non-hydrogen) atoms. The number of hydrogen-bond donors (Lipinski definition) is 0. The van der Waals surface area contributed by atoms with Gasteiger partial charge in [-0.05, 0) is 23.6 Å². The van der Waals surface area contributed by atoms with Crippen LogP contribution >= 0.6 is 34.5 Å². The molecule has 0 radical (unpaired) electrons. The topological polar surface area (TPSA) is 43.4 Å². The molecule has 0 atom stereocenters. The molecule has 0 bridgehead atoms. The lowest BCUT2D eigenvalue weighted by Crippen LogP contribution is -2.08. The van der Waals surface area contributed by atoms with Gasteiger partial charge >= 0.3 is 5.97 Å². The summed E-state index contributed by atoms with van der Waals surface area (Å²) in [5, 5.41) is 2.17. The van der Waals surface area contributed by atoms with E-state index in [9.17, 15) is 9.59 Å². The minimum absolute atomic E-state index is 0.0227. The monoisotopic (exact) mass is 300 g/mol.